The van der Waals surface area contributed by atoms with Crippen molar-refractivity contribution >= 4 is 27.8 Å². The van der Waals surface area contributed by atoms with Crippen LogP contribution in [0.1, 0.15) is 53.1 Å². The minimum absolute atomic E-state index is 0.244. The van der Waals surface area contributed by atoms with Gasteiger partial charge in [-0.3, -0.25) is 9.78 Å². The lowest BCUT2D eigenvalue weighted by molar-refractivity contribution is -0.151. The summed E-state index contributed by atoms with van der Waals surface area (Å²) in [7, 11) is 3.31. The molecule has 206 valence electrons. The lowest BCUT2D eigenvalue weighted by Crippen LogP contribution is -2.34. The third-order valence-corrected chi connectivity index (χ3v) is 8.00. The van der Waals surface area contributed by atoms with E-state index >= 15 is 0 Å². The first-order valence-corrected chi connectivity index (χ1v) is 13.3. The number of hydrogen-bond acceptors (Lipinski definition) is 7. The first kappa shape index (κ1) is 27.3. The molecule has 5 rings (SSSR count). The summed E-state index contributed by atoms with van der Waals surface area (Å²) < 4.78 is 7.03. The number of pyridine rings is 1. The Hall–Kier alpha value is -4.30. The Kier molecular flexibility index (Phi) is 7.29. The van der Waals surface area contributed by atoms with Crippen LogP contribution in [0.15, 0.2) is 60.9 Å². The largest absolute Gasteiger partial charge is 0.508 e. The van der Waals surface area contributed by atoms with Crippen molar-refractivity contribution in [3.63, 3.8) is 0 Å². The predicted molar refractivity (Wildman–Crippen MR) is 156 cm³/mol. The van der Waals surface area contributed by atoms with Gasteiger partial charge in [0.1, 0.15) is 11.3 Å². The number of nitrogens with one attached hydrogen (secondary N) is 1. The van der Waals surface area contributed by atoms with Crippen LogP contribution >= 0.6 is 0 Å². The van der Waals surface area contributed by atoms with Crippen LogP contribution in [0.3, 0.4) is 0 Å². The molecule has 8 heteroatoms. The quantitative estimate of drug-likeness (QED) is 0.253. The molecule has 0 aliphatic carbocycles. The topological polar surface area (TPSA) is 102 Å². The number of esters is 1. The monoisotopic (exact) mass is 537 g/mol. The highest BCUT2D eigenvalue weighted by Crippen LogP contribution is 2.44. The van der Waals surface area contributed by atoms with Crippen molar-refractivity contribution in [2.24, 2.45) is 12.5 Å². The van der Waals surface area contributed by atoms with E-state index in [4.69, 9.17) is 4.74 Å². The molecule has 1 atom stereocenters. The third kappa shape index (κ3) is 4.91. The predicted octanol–water partition coefficient (Wildman–Crippen LogP) is 5.46. The highest BCUT2D eigenvalue weighted by atomic mass is 16.5. The Labute approximate surface area is 234 Å². The minimum atomic E-state index is -0.846. The van der Waals surface area contributed by atoms with Crippen LogP contribution in [0.5, 0.6) is 5.75 Å². The zero-order valence-electron chi connectivity index (χ0n) is 23.8. The molecule has 8 nitrogen and oxygen atoms in total. The second-order valence-corrected chi connectivity index (χ2v) is 11.0. The SMILES string of the molecule is COC(=O)C(C)(C)C(c1ccc(C)c(CNCc2cc3ccncc3cc2O)c1)c1ccc2c(nnn2C)c1C. The maximum Gasteiger partial charge on any atom is 0.312 e. The van der Waals surface area contributed by atoms with Crippen molar-refractivity contribution < 1.29 is 14.6 Å². The smallest absolute Gasteiger partial charge is 0.312 e. The van der Waals surface area contributed by atoms with Crippen LogP contribution in [0.2, 0.25) is 0 Å². The van der Waals surface area contributed by atoms with Crippen LogP contribution in [-0.4, -0.2) is 38.2 Å². The number of carbonyl (C=O) groups is 1. The van der Waals surface area contributed by atoms with E-state index in [1.54, 1.807) is 23.1 Å². The number of rotatable bonds is 8. The molecule has 0 spiro atoms. The van der Waals surface area contributed by atoms with Gasteiger partial charge < -0.3 is 15.2 Å². The number of carbonyl (C=O) groups excluding carboxylic acids is 1. The van der Waals surface area contributed by atoms with E-state index in [-0.39, 0.29) is 17.6 Å². The van der Waals surface area contributed by atoms with Crippen molar-refractivity contribution in [1.29, 1.82) is 0 Å². The van der Waals surface area contributed by atoms with E-state index in [9.17, 15) is 9.90 Å². The van der Waals surface area contributed by atoms with Gasteiger partial charge in [0.25, 0.3) is 0 Å². The van der Waals surface area contributed by atoms with Gasteiger partial charge in [-0.2, -0.15) is 0 Å². The van der Waals surface area contributed by atoms with Crippen molar-refractivity contribution in [3.8, 4) is 5.75 Å². The lowest BCUT2D eigenvalue weighted by atomic mass is 9.69. The number of methoxy groups -OCH3 is 1. The van der Waals surface area contributed by atoms with Crippen LogP contribution in [0.4, 0.5) is 0 Å². The standard InChI is InChI=1S/C32H35N5O3/c1-19-7-8-22(14-23(19)16-34-18-25-13-21-11-12-33-17-24(21)15-28(25)38)29(32(3,4)31(39)40-6)26-9-10-27-30(20(26)2)35-36-37(27)5/h7-15,17,29,34,38H,16,18H2,1-6H3. The number of hydrogen-bond donors (Lipinski definition) is 2. The van der Waals surface area contributed by atoms with Crippen LogP contribution in [-0.2, 0) is 29.7 Å². The van der Waals surface area contributed by atoms with Gasteiger partial charge in [0, 0.05) is 49.4 Å². The molecule has 0 aliphatic rings. The van der Waals surface area contributed by atoms with E-state index in [1.165, 1.54) is 7.11 Å². The molecule has 0 aliphatic heterocycles. The Morgan fingerprint density at radius 1 is 1.05 bits per heavy atom. The first-order valence-electron chi connectivity index (χ1n) is 13.3. The van der Waals surface area contributed by atoms with E-state index in [1.807, 2.05) is 46.0 Å². The molecule has 1 unspecified atom stereocenters. The molecule has 0 bridgehead atoms. The number of aromatic hydroxyl groups is 1. The third-order valence-electron chi connectivity index (χ3n) is 8.00. The molecular formula is C32H35N5O3. The van der Waals surface area contributed by atoms with Crippen molar-refractivity contribution in [1.82, 2.24) is 25.3 Å². The number of nitrogens with zero attached hydrogens (tertiary/aromatic N) is 4. The van der Waals surface area contributed by atoms with Gasteiger partial charge in [-0.25, -0.2) is 4.68 Å². The van der Waals surface area contributed by atoms with Crippen LogP contribution in [0, 0.1) is 19.3 Å². The van der Waals surface area contributed by atoms with Crippen molar-refractivity contribution in [3.05, 3.63) is 94.3 Å². The van der Waals surface area contributed by atoms with Gasteiger partial charge in [0.05, 0.1) is 18.0 Å². The van der Waals surface area contributed by atoms with Gasteiger partial charge in [-0.1, -0.05) is 29.5 Å². The fourth-order valence-corrected chi connectivity index (χ4v) is 5.63. The summed E-state index contributed by atoms with van der Waals surface area (Å²) in [4.78, 5) is 17.2. The summed E-state index contributed by atoms with van der Waals surface area (Å²) in [5.41, 5.74) is 7.03. The summed E-state index contributed by atoms with van der Waals surface area (Å²) in [5.74, 6) is -0.310. The number of ether oxygens (including phenoxy) is 1. The van der Waals surface area contributed by atoms with E-state index < -0.39 is 5.41 Å². The molecule has 3 aromatic carbocycles. The number of phenolic OH excluding ortho intramolecular Hbond substituents is 1. The van der Waals surface area contributed by atoms with Gasteiger partial charge >= 0.3 is 5.97 Å². The maximum atomic E-state index is 13.1. The second kappa shape index (κ2) is 10.7. The zero-order valence-corrected chi connectivity index (χ0v) is 23.8. The molecule has 0 saturated heterocycles. The Morgan fingerprint density at radius 3 is 2.60 bits per heavy atom. The summed E-state index contributed by atoms with van der Waals surface area (Å²) in [6, 6.07) is 16.1. The zero-order chi connectivity index (χ0) is 28.6. The van der Waals surface area contributed by atoms with Crippen LogP contribution < -0.4 is 5.32 Å². The average Bonchev–Trinajstić information content (AvgIpc) is 3.32. The maximum absolute atomic E-state index is 13.1. The molecular weight excluding hydrogens is 502 g/mol. The molecule has 5 aromatic rings. The highest BCUT2D eigenvalue weighted by Gasteiger charge is 2.41. The van der Waals surface area contributed by atoms with E-state index in [0.717, 1.165) is 55.2 Å². The number of aromatic nitrogens is 4. The summed E-state index contributed by atoms with van der Waals surface area (Å²) in [5, 5.41) is 24.6. The van der Waals surface area contributed by atoms with E-state index in [2.05, 4.69) is 51.8 Å². The average molecular weight is 538 g/mol. The molecule has 0 radical (unpaired) electrons. The van der Waals surface area contributed by atoms with Gasteiger partial charge in [0.15, 0.2) is 0 Å². The summed E-state index contributed by atoms with van der Waals surface area (Å²) >= 11 is 0. The number of phenols is 1. The fraction of sp³-hybridized carbons (Fsp3) is 0.312. The Bertz CT molecular complexity index is 1720. The Balaban J connectivity index is 1.49. The molecule has 0 fully saturated rings. The molecule has 0 saturated carbocycles. The normalized spacial score (nSPS) is 12.7. The molecule has 40 heavy (non-hydrogen) atoms. The number of fused-ring (bicyclic) bond motifs is 2. The van der Waals surface area contributed by atoms with Gasteiger partial charge in [-0.05, 0) is 85.2 Å². The molecule has 2 heterocycles. The molecule has 0 amide bonds. The number of benzene rings is 3. The van der Waals surface area contributed by atoms with Crippen molar-refractivity contribution in [2.45, 2.75) is 46.7 Å². The lowest BCUT2D eigenvalue weighted by Gasteiger charge is -2.34. The second-order valence-electron chi connectivity index (χ2n) is 11.0. The van der Waals surface area contributed by atoms with Gasteiger partial charge in [-0.15, -0.1) is 5.10 Å². The Morgan fingerprint density at radius 2 is 1.82 bits per heavy atom. The highest BCUT2D eigenvalue weighted by molar-refractivity contribution is 5.84. The minimum Gasteiger partial charge on any atom is -0.508 e. The first-order chi connectivity index (χ1) is 19.1. The summed E-state index contributed by atoms with van der Waals surface area (Å²) in [6.07, 6.45) is 3.50. The van der Waals surface area contributed by atoms with Gasteiger partial charge in [0.2, 0.25) is 0 Å². The molecule has 2 N–H and O–H groups in total. The number of aryl methyl sites for hydroxylation is 3. The molecule has 2 aromatic heterocycles. The fourth-order valence-electron chi connectivity index (χ4n) is 5.63. The van der Waals surface area contributed by atoms with Crippen LogP contribution in [0.25, 0.3) is 21.8 Å². The van der Waals surface area contributed by atoms with Crippen molar-refractivity contribution in [2.75, 3.05) is 7.11 Å². The van der Waals surface area contributed by atoms with E-state index in [0.29, 0.717) is 13.1 Å². The summed E-state index contributed by atoms with van der Waals surface area (Å²) in [6.45, 7) is 9.08.